The maximum atomic E-state index is 12.0. The Morgan fingerprint density at radius 1 is 1.29 bits per heavy atom. The zero-order valence-electron chi connectivity index (χ0n) is 12.1. The quantitative estimate of drug-likeness (QED) is 0.802. The zero-order chi connectivity index (χ0) is 14.4. The smallest absolute Gasteiger partial charge is 0.271 e. The van der Waals surface area contributed by atoms with E-state index in [-0.39, 0.29) is 18.3 Å². The lowest BCUT2D eigenvalue weighted by atomic mass is 10.3. The third-order valence-corrected chi connectivity index (χ3v) is 3.04. The Morgan fingerprint density at radius 3 is 2.67 bits per heavy atom. The number of rotatable bonds is 6. The Kier molecular flexibility index (Phi) is 6.91. The molecule has 0 bridgehead atoms. The fourth-order valence-electron chi connectivity index (χ4n) is 1.98. The molecule has 1 aromatic carbocycles. The molecule has 1 heterocycles. The summed E-state index contributed by atoms with van der Waals surface area (Å²) in [5.74, 6) is -0.139. The molecule has 21 heavy (non-hydrogen) atoms. The van der Waals surface area contributed by atoms with Gasteiger partial charge in [-0.1, -0.05) is 18.2 Å². The summed E-state index contributed by atoms with van der Waals surface area (Å²) in [7, 11) is 0. The standard InChI is InChI=1S/C15H20N4O.ClH/c1-12-11-14(15(20)17-10-6-5-9-16)18-19(12)13-7-3-2-4-8-13;/h2-4,7-8,11H,5-6,9-10,16H2,1H3,(H,17,20);1H. The number of para-hydroxylation sites is 1. The summed E-state index contributed by atoms with van der Waals surface area (Å²) in [4.78, 5) is 12.0. The molecule has 1 aromatic heterocycles. The molecule has 0 fully saturated rings. The lowest BCUT2D eigenvalue weighted by Crippen LogP contribution is -2.25. The second-order valence-corrected chi connectivity index (χ2v) is 4.67. The van der Waals surface area contributed by atoms with Crippen molar-refractivity contribution in [2.45, 2.75) is 19.8 Å². The number of amides is 1. The number of halogens is 1. The summed E-state index contributed by atoms with van der Waals surface area (Å²) < 4.78 is 1.77. The van der Waals surface area contributed by atoms with Gasteiger partial charge in [0.25, 0.3) is 5.91 Å². The molecule has 0 saturated carbocycles. The first kappa shape index (κ1) is 17.2. The first-order chi connectivity index (χ1) is 9.72. The molecule has 5 nitrogen and oxygen atoms in total. The van der Waals surface area contributed by atoms with Gasteiger partial charge in [-0.3, -0.25) is 4.79 Å². The third-order valence-electron chi connectivity index (χ3n) is 3.04. The fraction of sp³-hybridized carbons (Fsp3) is 0.333. The van der Waals surface area contributed by atoms with Crippen LogP contribution in [0.15, 0.2) is 36.4 Å². The van der Waals surface area contributed by atoms with Gasteiger partial charge in [-0.15, -0.1) is 12.4 Å². The summed E-state index contributed by atoms with van der Waals surface area (Å²) in [6.07, 6.45) is 1.80. The number of aryl methyl sites for hydroxylation is 1. The van der Waals surface area contributed by atoms with Gasteiger partial charge in [0.1, 0.15) is 0 Å². The first-order valence-corrected chi connectivity index (χ1v) is 6.82. The molecule has 0 aliphatic carbocycles. The van der Waals surface area contributed by atoms with Gasteiger partial charge in [-0.2, -0.15) is 5.10 Å². The lowest BCUT2D eigenvalue weighted by molar-refractivity contribution is 0.0947. The zero-order valence-corrected chi connectivity index (χ0v) is 12.9. The Labute approximate surface area is 130 Å². The number of nitrogens with one attached hydrogen (secondary N) is 1. The second-order valence-electron chi connectivity index (χ2n) is 4.67. The highest BCUT2D eigenvalue weighted by Crippen LogP contribution is 2.11. The predicted octanol–water partition coefficient (Wildman–Crippen LogP) is 2.07. The summed E-state index contributed by atoms with van der Waals surface area (Å²) in [6.45, 7) is 3.22. The summed E-state index contributed by atoms with van der Waals surface area (Å²) >= 11 is 0. The average Bonchev–Trinajstić information content (AvgIpc) is 2.86. The van der Waals surface area contributed by atoms with Crippen molar-refractivity contribution in [2.24, 2.45) is 5.73 Å². The van der Waals surface area contributed by atoms with Gasteiger partial charge < -0.3 is 11.1 Å². The van der Waals surface area contributed by atoms with E-state index in [4.69, 9.17) is 5.73 Å². The fourth-order valence-corrected chi connectivity index (χ4v) is 1.98. The minimum Gasteiger partial charge on any atom is -0.351 e. The van der Waals surface area contributed by atoms with Crippen LogP contribution in [0.2, 0.25) is 0 Å². The van der Waals surface area contributed by atoms with Crippen LogP contribution in [0.4, 0.5) is 0 Å². The van der Waals surface area contributed by atoms with Crippen LogP contribution in [0.5, 0.6) is 0 Å². The number of hydrogen-bond acceptors (Lipinski definition) is 3. The van der Waals surface area contributed by atoms with Gasteiger partial charge in [0.15, 0.2) is 5.69 Å². The van der Waals surface area contributed by atoms with E-state index in [9.17, 15) is 4.79 Å². The summed E-state index contributed by atoms with van der Waals surface area (Å²) in [5, 5.41) is 7.21. The van der Waals surface area contributed by atoms with Crippen molar-refractivity contribution in [3.63, 3.8) is 0 Å². The van der Waals surface area contributed by atoms with E-state index in [0.717, 1.165) is 24.2 Å². The predicted molar refractivity (Wildman–Crippen MR) is 86.2 cm³/mol. The van der Waals surface area contributed by atoms with Crippen molar-refractivity contribution in [3.8, 4) is 5.69 Å². The molecule has 1 amide bonds. The number of aromatic nitrogens is 2. The molecule has 0 spiro atoms. The molecule has 0 atom stereocenters. The number of nitrogens with zero attached hydrogens (tertiary/aromatic N) is 2. The average molecular weight is 309 g/mol. The molecule has 0 radical (unpaired) electrons. The van der Waals surface area contributed by atoms with Crippen molar-refractivity contribution < 1.29 is 4.79 Å². The normalized spacial score (nSPS) is 10.0. The van der Waals surface area contributed by atoms with Crippen LogP contribution < -0.4 is 11.1 Å². The number of unbranched alkanes of at least 4 members (excludes halogenated alkanes) is 1. The highest BCUT2D eigenvalue weighted by atomic mass is 35.5. The second kappa shape index (κ2) is 8.44. The van der Waals surface area contributed by atoms with E-state index in [2.05, 4.69) is 10.4 Å². The number of hydrogen-bond donors (Lipinski definition) is 2. The van der Waals surface area contributed by atoms with Gasteiger partial charge in [-0.25, -0.2) is 4.68 Å². The van der Waals surface area contributed by atoms with E-state index >= 15 is 0 Å². The molecule has 114 valence electrons. The highest BCUT2D eigenvalue weighted by molar-refractivity contribution is 5.92. The van der Waals surface area contributed by atoms with E-state index in [0.29, 0.717) is 18.8 Å². The molecule has 3 N–H and O–H groups in total. The third kappa shape index (κ3) is 4.58. The molecule has 2 rings (SSSR count). The van der Waals surface area contributed by atoms with Crippen LogP contribution in [-0.4, -0.2) is 28.8 Å². The Balaban J connectivity index is 0.00000220. The Bertz CT molecular complexity index is 568. The van der Waals surface area contributed by atoms with Gasteiger partial charge in [-0.05, 0) is 44.5 Å². The van der Waals surface area contributed by atoms with Crippen molar-refractivity contribution >= 4 is 18.3 Å². The Morgan fingerprint density at radius 2 is 2.00 bits per heavy atom. The highest BCUT2D eigenvalue weighted by Gasteiger charge is 2.12. The molecule has 6 heteroatoms. The van der Waals surface area contributed by atoms with Crippen LogP contribution in [0.25, 0.3) is 5.69 Å². The summed E-state index contributed by atoms with van der Waals surface area (Å²) in [6, 6.07) is 11.6. The lowest BCUT2D eigenvalue weighted by Gasteiger charge is -2.03. The molecule has 0 aliphatic rings. The van der Waals surface area contributed by atoms with Crippen LogP contribution in [0.3, 0.4) is 0 Å². The molecule has 0 unspecified atom stereocenters. The van der Waals surface area contributed by atoms with Crippen molar-refractivity contribution in [3.05, 3.63) is 47.8 Å². The van der Waals surface area contributed by atoms with E-state index in [1.54, 1.807) is 10.7 Å². The van der Waals surface area contributed by atoms with Gasteiger partial charge in [0, 0.05) is 12.2 Å². The van der Waals surface area contributed by atoms with Crippen LogP contribution in [0.1, 0.15) is 29.0 Å². The molecular weight excluding hydrogens is 288 g/mol. The molecule has 2 aromatic rings. The van der Waals surface area contributed by atoms with Crippen molar-refractivity contribution in [1.82, 2.24) is 15.1 Å². The van der Waals surface area contributed by atoms with Crippen molar-refractivity contribution in [1.29, 1.82) is 0 Å². The number of carbonyl (C=O) groups excluding carboxylic acids is 1. The summed E-state index contributed by atoms with van der Waals surface area (Å²) in [5.41, 5.74) is 7.74. The maximum absolute atomic E-state index is 12.0. The van der Waals surface area contributed by atoms with E-state index < -0.39 is 0 Å². The topological polar surface area (TPSA) is 72.9 Å². The van der Waals surface area contributed by atoms with Gasteiger partial charge >= 0.3 is 0 Å². The van der Waals surface area contributed by atoms with E-state index in [1.165, 1.54) is 0 Å². The first-order valence-electron chi connectivity index (χ1n) is 6.82. The van der Waals surface area contributed by atoms with Gasteiger partial charge in [0.2, 0.25) is 0 Å². The minimum absolute atomic E-state index is 0. The molecular formula is C15H21ClN4O. The van der Waals surface area contributed by atoms with Gasteiger partial charge in [0.05, 0.1) is 5.69 Å². The maximum Gasteiger partial charge on any atom is 0.271 e. The number of benzene rings is 1. The Hall–Kier alpha value is -1.85. The minimum atomic E-state index is -0.139. The van der Waals surface area contributed by atoms with Crippen LogP contribution >= 0.6 is 12.4 Å². The number of nitrogens with two attached hydrogens (primary N) is 1. The van der Waals surface area contributed by atoms with Crippen LogP contribution in [-0.2, 0) is 0 Å². The monoisotopic (exact) mass is 308 g/mol. The van der Waals surface area contributed by atoms with Crippen molar-refractivity contribution in [2.75, 3.05) is 13.1 Å². The van der Waals surface area contributed by atoms with Crippen LogP contribution in [0, 0.1) is 6.92 Å². The molecule has 0 aliphatic heterocycles. The van der Waals surface area contributed by atoms with E-state index in [1.807, 2.05) is 37.3 Å². The number of carbonyl (C=O) groups is 1. The SMILES string of the molecule is Cc1cc(C(=O)NCCCCN)nn1-c1ccccc1.Cl. The molecule has 0 saturated heterocycles. The largest absolute Gasteiger partial charge is 0.351 e.